The normalized spacial score (nSPS) is 12.2. The number of rotatable bonds is 6. The fraction of sp³-hybridized carbons (Fsp3) is 0.0625. The number of aliphatic hydroxyl groups is 2. The number of anilines is 3. The number of aliphatic imine (C=N–C) groups is 2. The minimum atomic E-state index is -0.117. The molecule has 0 atom stereocenters. The highest BCUT2D eigenvalue weighted by Crippen LogP contribution is 2.18. The third-order valence-corrected chi connectivity index (χ3v) is 6.06. The lowest BCUT2D eigenvalue weighted by Gasteiger charge is -2.08. The molecule has 4 aromatic rings. The van der Waals surface area contributed by atoms with Gasteiger partial charge in [0.05, 0.1) is 11.4 Å². The Labute approximate surface area is 232 Å². The number of nitrogens with one attached hydrogen (secondary N) is 2. The highest BCUT2D eigenvalue weighted by Gasteiger charge is 2.04. The molecule has 8 heteroatoms. The number of aromatic nitrogens is 2. The maximum absolute atomic E-state index is 10.6. The number of benzene rings is 2. The van der Waals surface area contributed by atoms with E-state index in [1.807, 2.05) is 109 Å². The molecule has 2 heterocycles. The zero-order valence-electron chi connectivity index (χ0n) is 22.2. The minimum Gasteiger partial charge on any atom is -0.494 e. The molecule has 8 nitrogen and oxygen atoms in total. The number of pyridine rings is 2. The van der Waals surface area contributed by atoms with Gasteiger partial charge in [-0.2, -0.15) is 0 Å². The smallest absolute Gasteiger partial charge is 0.218 e. The summed E-state index contributed by atoms with van der Waals surface area (Å²) < 4.78 is 3.92. The van der Waals surface area contributed by atoms with Gasteiger partial charge in [0, 0.05) is 33.9 Å². The van der Waals surface area contributed by atoms with E-state index in [1.165, 1.54) is 0 Å². The summed E-state index contributed by atoms with van der Waals surface area (Å²) >= 11 is 0. The average Bonchev–Trinajstić information content (AvgIpc) is 2.95. The van der Waals surface area contributed by atoms with Crippen molar-refractivity contribution in [1.82, 2.24) is 0 Å². The molecule has 0 aliphatic heterocycles. The van der Waals surface area contributed by atoms with Crippen molar-refractivity contribution < 1.29 is 19.3 Å². The van der Waals surface area contributed by atoms with Crippen molar-refractivity contribution in [2.24, 2.45) is 24.1 Å². The molecular weight excluding hydrogens is 500 g/mol. The summed E-state index contributed by atoms with van der Waals surface area (Å²) in [6.45, 7) is 0. The first kappa shape index (κ1) is 26.1. The molecule has 0 bridgehead atoms. The van der Waals surface area contributed by atoms with E-state index in [9.17, 15) is 10.2 Å². The van der Waals surface area contributed by atoms with Crippen LogP contribution < -0.4 is 30.2 Å². The van der Waals surface area contributed by atoms with Gasteiger partial charge in [0.2, 0.25) is 5.88 Å². The van der Waals surface area contributed by atoms with Crippen LogP contribution in [0, 0.1) is 0 Å². The molecule has 1 aliphatic rings. The zero-order valence-corrected chi connectivity index (χ0v) is 22.2. The Morgan fingerprint density at radius 3 is 1.93 bits per heavy atom. The van der Waals surface area contributed by atoms with Crippen molar-refractivity contribution in [2.45, 2.75) is 0 Å². The molecule has 0 radical (unpaired) electrons. The molecule has 4 N–H and O–H groups in total. The fourth-order valence-corrected chi connectivity index (χ4v) is 4.03. The van der Waals surface area contributed by atoms with Gasteiger partial charge in [-0.3, -0.25) is 0 Å². The zero-order chi connectivity index (χ0) is 27.9. The number of hydrogen-bond acceptors (Lipinski definition) is 6. The first-order valence-corrected chi connectivity index (χ1v) is 12.7. The molecular formula is C32H30N6O2+2. The molecule has 0 spiro atoms. The molecule has 0 fully saturated rings. The Balaban J connectivity index is 1.25. The number of hydrogen-bond donors (Lipinski definition) is 4. The fourth-order valence-electron chi connectivity index (χ4n) is 4.03. The van der Waals surface area contributed by atoms with Gasteiger partial charge in [-0.15, -0.1) is 0 Å². The van der Waals surface area contributed by atoms with Crippen LogP contribution in [0.15, 0.2) is 132 Å². The molecule has 5 rings (SSSR count). The second-order valence-electron chi connectivity index (χ2n) is 9.30. The standard InChI is InChI=1S/C32H28N6O2/c1-37-19-3-5-29(21-37)33-25-11-15-27(16-12-25)35-31(39)23-7-9-24(10-8-23)32(40)36-28-17-13-26(14-18-28)34-30-6-4-20-38(2)22-30/h3-22H,1-2H3,(H2-2,33,34,35,36,39,40)/p+2. The van der Waals surface area contributed by atoms with E-state index in [0.29, 0.717) is 16.1 Å². The molecule has 198 valence electrons. The van der Waals surface area contributed by atoms with Crippen LogP contribution in [0.5, 0.6) is 0 Å². The second-order valence-corrected chi connectivity index (χ2v) is 9.30. The van der Waals surface area contributed by atoms with E-state index in [0.717, 1.165) is 28.5 Å². The molecule has 2 aromatic heterocycles. The molecule has 40 heavy (non-hydrogen) atoms. The van der Waals surface area contributed by atoms with Gasteiger partial charge in [-0.1, -0.05) is 0 Å². The lowest BCUT2D eigenvalue weighted by atomic mass is 10.1. The number of aliphatic hydroxyl groups excluding tert-OH is 2. The van der Waals surface area contributed by atoms with E-state index in [4.69, 9.17) is 0 Å². The van der Waals surface area contributed by atoms with Crippen LogP contribution in [0.2, 0.25) is 0 Å². The maximum atomic E-state index is 10.6. The van der Waals surface area contributed by atoms with Crippen molar-refractivity contribution in [3.63, 3.8) is 0 Å². The first-order chi connectivity index (χ1) is 19.4. The Morgan fingerprint density at radius 1 is 0.650 bits per heavy atom. The highest BCUT2D eigenvalue weighted by molar-refractivity contribution is 6.19. The van der Waals surface area contributed by atoms with E-state index in [1.54, 1.807) is 36.4 Å². The van der Waals surface area contributed by atoms with E-state index >= 15 is 0 Å². The SMILES string of the molecule is C[n+]1cccc(N=C2C=CC(=NC(O)=c3ccc(=C(O)Nc4ccc(Nc5ccc[n+](C)c5)cc4)cc3)C=C2)c1. The molecule has 2 aromatic carbocycles. The maximum Gasteiger partial charge on any atom is 0.218 e. The summed E-state index contributed by atoms with van der Waals surface area (Å²) in [5, 5.41) is 28.6. The Bertz CT molecular complexity index is 1750. The summed E-state index contributed by atoms with van der Waals surface area (Å²) in [6, 6.07) is 22.3. The van der Waals surface area contributed by atoms with E-state index in [-0.39, 0.29) is 11.8 Å². The third-order valence-electron chi connectivity index (χ3n) is 6.06. The minimum absolute atomic E-state index is 0.00474. The molecule has 0 saturated carbocycles. The lowest BCUT2D eigenvalue weighted by Crippen LogP contribution is -2.26. The van der Waals surface area contributed by atoms with Crippen molar-refractivity contribution in [3.05, 3.63) is 132 Å². The van der Waals surface area contributed by atoms with Gasteiger partial charge in [0.15, 0.2) is 30.7 Å². The van der Waals surface area contributed by atoms with Gasteiger partial charge in [0.1, 0.15) is 25.5 Å². The Kier molecular flexibility index (Phi) is 7.78. The van der Waals surface area contributed by atoms with E-state index < -0.39 is 0 Å². The van der Waals surface area contributed by atoms with Crippen molar-refractivity contribution in [2.75, 3.05) is 10.6 Å². The first-order valence-electron chi connectivity index (χ1n) is 12.7. The topological polar surface area (TPSA) is 97.0 Å². The van der Waals surface area contributed by atoms with Gasteiger partial charge in [-0.25, -0.2) is 19.1 Å². The molecule has 1 aliphatic carbocycles. The largest absolute Gasteiger partial charge is 0.494 e. The molecule has 0 saturated heterocycles. The monoisotopic (exact) mass is 530 g/mol. The van der Waals surface area contributed by atoms with Gasteiger partial charge < -0.3 is 20.8 Å². The third kappa shape index (κ3) is 6.87. The van der Waals surface area contributed by atoms with Crippen LogP contribution >= 0.6 is 0 Å². The molecule has 0 amide bonds. The average molecular weight is 531 g/mol. The number of aryl methyl sites for hydroxylation is 2. The quantitative estimate of drug-likeness (QED) is 0.225. The van der Waals surface area contributed by atoms with E-state index in [2.05, 4.69) is 20.6 Å². The summed E-state index contributed by atoms with van der Waals surface area (Å²) in [5.41, 5.74) is 4.91. The van der Waals surface area contributed by atoms with Crippen LogP contribution in [0.25, 0.3) is 11.8 Å². The van der Waals surface area contributed by atoms with Crippen molar-refractivity contribution >= 4 is 45.9 Å². The number of allylic oxidation sites excluding steroid dienone is 4. The van der Waals surface area contributed by atoms with Gasteiger partial charge in [0.25, 0.3) is 0 Å². The van der Waals surface area contributed by atoms with Crippen LogP contribution in [-0.2, 0) is 14.1 Å². The van der Waals surface area contributed by atoms with Crippen LogP contribution in [0.4, 0.5) is 22.7 Å². The van der Waals surface area contributed by atoms with Crippen LogP contribution in [0.1, 0.15) is 0 Å². The Morgan fingerprint density at radius 2 is 1.25 bits per heavy atom. The van der Waals surface area contributed by atoms with Crippen LogP contribution in [0.3, 0.4) is 0 Å². The number of nitrogens with zero attached hydrogens (tertiary/aromatic N) is 4. The second kappa shape index (κ2) is 11.9. The lowest BCUT2D eigenvalue weighted by molar-refractivity contribution is -0.671. The predicted molar refractivity (Wildman–Crippen MR) is 159 cm³/mol. The molecule has 0 unspecified atom stereocenters. The Hall–Kier alpha value is -5.50. The predicted octanol–water partition coefficient (Wildman–Crippen LogP) is 3.78. The van der Waals surface area contributed by atoms with Gasteiger partial charge in [-0.05, 0) is 85.0 Å². The highest BCUT2D eigenvalue weighted by atomic mass is 16.3. The summed E-state index contributed by atoms with van der Waals surface area (Å²) in [6.07, 6.45) is 15.2. The van der Waals surface area contributed by atoms with Crippen molar-refractivity contribution in [1.29, 1.82) is 0 Å². The summed E-state index contributed by atoms with van der Waals surface area (Å²) in [4.78, 5) is 8.90. The van der Waals surface area contributed by atoms with Crippen LogP contribution in [-0.4, -0.2) is 21.6 Å². The van der Waals surface area contributed by atoms with Gasteiger partial charge >= 0.3 is 0 Å². The van der Waals surface area contributed by atoms with Crippen molar-refractivity contribution in [3.8, 4) is 0 Å². The summed E-state index contributed by atoms with van der Waals surface area (Å²) in [7, 11) is 3.92. The summed E-state index contributed by atoms with van der Waals surface area (Å²) in [5.74, 6) is -0.112.